The van der Waals surface area contributed by atoms with Crippen LogP contribution >= 0.6 is 0 Å². The number of halogens is 2. The fourth-order valence-electron chi connectivity index (χ4n) is 1.85. The van der Waals surface area contributed by atoms with Crippen molar-refractivity contribution in [2.24, 2.45) is 10.9 Å². The Labute approximate surface area is 116 Å². The summed E-state index contributed by atoms with van der Waals surface area (Å²) in [5.41, 5.74) is 0.586. The average molecular weight is 281 g/mol. The van der Waals surface area contributed by atoms with Crippen LogP contribution < -0.4 is 10.6 Å². The summed E-state index contributed by atoms with van der Waals surface area (Å²) >= 11 is 0. The van der Waals surface area contributed by atoms with Gasteiger partial charge in [-0.2, -0.15) is 0 Å². The van der Waals surface area contributed by atoms with Gasteiger partial charge >= 0.3 is 0 Å². The molecule has 0 spiro atoms. The Kier molecular flexibility index (Phi) is 4.32. The number of carbonyl (C=O) groups is 1. The van der Waals surface area contributed by atoms with Crippen molar-refractivity contribution in [3.05, 3.63) is 35.4 Å². The molecule has 1 aliphatic heterocycles. The van der Waals surface area contributed by atoms with E-state index in [1.54, 1.807) is 0 Å². The van der Waals surface area contributed by atoms with Crippen LogP contribution in [0.15, 0.2) is 29.3 Å². The number of aliphatic imine (C=N–C) groups is 1. The third-order valence-corrected chi connectivity index (χ3v) is 2.92. The number of rotatable bonds is 4. The first kappa shape index (κ1) is 14.4. The van der Waals surface area contributed by atoms with Gasteiger partial charge in [0.1, 0.15) is 6.04 Å². The van der Waals surface area contributed by atoms with E-state index in [1.807, 2.05) is 13.8 Å². The summed E-state index contributed by atoms with van der Waals surface area (Å²) in [7, 11) is 0. The summed E-state index contributed by atoms with van der Waals surface area (Å²) in [5.74, 6) is 0.606. The zero-order valence-electron chi connectivity index (χ0n) is 11.4. The Morgan fingerprint density at radius 1 is 1.25 bits per heavy atom. The summed E-state index contributed by atoms with van der Waals surface area (Å²) in [5, 5.41) is 5.61. The van der Waals surface area contributed by atoms with Crippen molar-refractivity contribution >= 4 is 11.9 Å². The monoisotopic (exact) mass is 281 g/mol. The minimum absolute atomic E-state index is 0.0548. The maximum absolute atomic E-state index is 12.5. The highest BCUT2D eigenvalue weighted by molar-refractivity contribution is 6.06. The Morgan fingerprint density at radius 2 is 1.90 bits per heavy atom. The first-order chi connectivity index (χ1) is 9.47. The molecule has 1 fully saturated rings. The zero-order chi connectivity index (χ0) is 14.7. The molecule has 2 N–H and O–H groups in total. The summed E-state index contributed by atoms with van der Waals surface area (Å²) < 4.78 is 25.0. The van der Waals surface area contributed by atoms with Crippen LogP contribution in [0.3, 0.4) is 0 Å². The van der Waals surface area contributed by atoms with Gasteiger partial charge in [-0.1, -0.05) is 38.1 Å². The lowest BCUT2D eigenvalue weighted by molar-refractivity contribution is -0.120. The maximum atomic E-state index is 12.5. The molecule has 1 saturated heterocycles. The molecular formula is C14H17F2N3O. The van der Waals surface area contributed by atoms with Crippen LogP contribution in [0.2, 0.25) is 0 Å². The molecule has 0 bridgehead atoms. The number of amides is 1. The highest BCUT2D eigenvalue weighted by Crippen LogP contribution is 2.22. The van der Waals surface area contributed by atoms with E-state index < -0.39 is 12.5 Å². The molecule has 2 rings (SSSR count). The molecule has 108 valence electrons. The molecule has 0 radical (unpaired) electrons. The molecule has 0 aliphatic carbocycles. The highest BCUT2D eigenvalue weighted by atomic mass is 19.3. The number of guanidine groups is 1. The van der Waals surface area contributed by atoms with Crippen LogP contribution in [0.5, 0.6) is 0 Å². The van der Waals surface area contributed by atoms with Crippen molar-refractivity contribution in [1.82, 2.24) is 10.6 Å². The molecule has 4 nitrogen and oxygen atoms in total. The molecule has 1 aromatic carbocycles. The van der Waals surface area contributed by atoms with Crippen LogP contribution in [0.25, 0.3) is 0 Å². The van der Waals surface area contributed by atoms with Gasteiger partial charge in [-0.15, -0.1) is 0 Å². The van der Waals surface area contributed by atoms with Crippen molar-refractivity contribution in [2.45, 2.75) is 26.3 Å². The summed E-state index contributed by atoms with van der Waals surface area (Å²) in [6.07, 6.45) is -2.50. The van der Waals surface area contributed by atoms with Crippen LogP contribution in [0.4, 0.5) is 8.78 Å². The lowest BCUT2D eigenvalue weighted by Crippen LogP contribution is -2.26. The van der Waals surface area contributed by atoms with Crippen molar-refractivity contribution in [3.8, 4) is 0 Å². The lowest BCUT2D eigenvalue weighted by atomic mass is 10.1. The van der Waals surface area contributed by atoms with E-state index >= 15 is 0 Å². The second-order valence-corrected chi connectivity index (χ2v) is 5.12. The van der Waals surface area contributed by atoms with Crippen LogP contribution in [0.1, 0.15) is 37.4 Å². The topological polar surface area (TPSA) is 53.5 Å². The third-order valence-electron chi connectivity index (χ3n) is 2.92. The number of carbonyl (C=O) groups excluding carboxylic acids is 1. The van der Waals surface area contributed by atoms with Gasteiger partial charge in [0.05, 0.1) is 0 Å². The number of hydrogen-bond donors (Lipinski definition) is 2. The SMILES string of the molecule is CC(C)CN=C1NC(=O)C(c2ccc(C(F)F)cc2)N1. The van der Waals surface area contributed by atoms with Crippen molar-refractivity contribution in [3.63, 3.8) is 0 Å². The fraction of sp³-hybridized carbons (Fsp3) is 0.429. The molecule has 0 saturated carbocycles. The van der Waals surface area contributed by atoms with Gasteiger partial charge in [-0.25, -0.2) is 8.78 Å². The Bertz CT molecular complexity index is 512. The van der Waals surface area contributed by atoms with E-state index in [1.165, 1.54) is 24.3 Å². The van der Waals surface area contributed by atoms with E-state index in [-0.39, 0.29) is 11.5 Å². The molecule has 20 heavy (non-hydrogen) atoms. The van der Waals surface area contributed by atoms with E-state index in [0.29, 0.717) is 24.0 Å². The van der Waals surface area contributed by atoms with Crippen molar-refractivity contribution < 1.29 is 13.6 Å². The Morgan fingerprint density at radius 3 is 2.45 bits per heavy atom. The quantitative estimate of drug-likeness (QED) is 0.890. The number of nitrogens with zero attached hydrogens (tertiary/aromatic N) is 1. The molecule has 1 unspecified atom stereocenters. The van der Waals surface area contributed by atoms with Crippen LogP contribution in [-0.4, -0.2) is 18.4 Å². The minimum Gasteiger partial charge on any atom is -0.340 e. The number of nitrogens with one attached hydrogen (secondary N) is 2. The first-order valence-corrected chi connectivity index (χ1v) is 6.47. The molecular weight excluding hydrogens is 264 g/mol. The van der Waals surface area contributed by atoms with E-state index in [4.69, 9.17) is 0 Å². The van der Waals surface area contributed by atoms with E-state index in [2.05, 4.69) is 15.6 Å². The summed E-state index contributed by atoms with van der Waals surface area (Å²) in [6, 6.07) is 5.15. The molecule has 1 amide bonds. The summed E-state index contributed by atoms with van der Waals surface area (Å²) in [6.45, 7) is 4.67. The lowest BCUT2D eigenvalue weighted by Gasteiger charge is -2.09. The molecule has 1 aromatic rings. The second-order valence-electron chi connectivity index (χ2n) is 5.12. The van der Waals surface area contributed by atoms with Gasteiger partial charge in [-0.05, 0) is 11.5 Å². The second kappa shape index (κ2) is 5.98. The number of hydrogen-bond acceptors (Lipinski definition) is 2. The van der Waals surface area contributed by atoms with Crippen LogP contribution in [0, 0.1) is 5.92 Å². The zero-order valence-corrected chi connectivity index (χ0v) is 11.4. The Hall–Kier alpha value is -1.98. The normalized spacial score (nSPS) is 20.6. The fourth-order valence-corrected chi connectivity index (χ4v) is 1.85. The standard InChI is InChI=1S/C14H17F2N3O/c1-8(2)7-17-14-18-11(13(20)19-14)9-3-5-10(6-4-9)12(15)16/h3-6,8,11-12H,7H2,1-2H3,(H2,17,18,19,20). The highest BCUT2D eigenvalue weighted by Gasteiger charge is 2.29. The molecule has 1 atom stereocenters. The van der Waals surface area contributed by atoms with E-state index in [9.17, 15) is 13.6 Å². The number of alkyl halides is 2. The largest absolute Gasteiger partial charge is 0.340 e. The third kappa shape index (κ3) is 3.31. The summed E-state index contributed by atoms with van der Waals surface area (Å²) in [4.78, 5) is 16.1. The van der Waals surface area contributed by atoms with Crippen LogP contribution in [-0.2, 0) is 4.79 Å². The maximum Gasteiger partial charge on any atom is 0.263 e. The predicted octanol–water partition coefficient (Wildman–Crippen LogP) is 2.40. The molecule has 1 heterocycles. The van der Waals surface area contributed by atoms with Gasteiger partial charge in [0.2, 0.25) is 0 Å². The minimum atomic E-state index is -2.50. The molecule has 0 aromatic heterocycles. The van der Waals surface area contributed by atoms with Gasteiger partial charge in [0, 0.05) is 12.1 Å². The van der Waals surface area contributed by atoms with Crippen molar-refractivity contribution in [1.29, 1.82) is 0 Å². The van der Waals surface area contributed by atoms with Crippen molar-refractivity contribution in [2.75, 3.05) is 6.54 Å². The molecule has 1 aliphatic rings. The van der Waals surface area contributed by atoms with Gasteiger partial charge in [0.15, 0.2) is 5.96 Å². The predicted molar refractivity (Wildman–Crippen MR) is 72.6 cm³/mol. The van der Waals surface area contributed by atoms with Gasteiger partial charge < -0.3 is 5.32 Å². The average Bonchev–Trinajstić information content (AvgIpc) is 2.78. The van der Waals surface area contributed by atoms with Gasteiger partial charge in [-0.3, -0.25) is 15.1 Å². The molecule has 6 heteroatoms. The first-order valence-electron chi connectivity index (χ1n) is 6.47. The number of benzene rings is 1. The van der Waals surface area contributed by atoms with E-state index in [0.717, 1.165) is 0 Å². The van der Waals surface area contributed by atoms with Gasteiger partial charge in [0.25, 0.3) is 12.3 Å². The smallest absolute Gasteiger partial charge is 0.263 e. The Balaban J connectivity index is 2.09.